The van der Waals surface area contributed by atoms with Crippen molar-refractivity contribution in [3.63, 3.8) is 0 Å². The highest BCUT2D eigenvalue weighted by Crippen LogP contribution is 2.30. The molecule has 6 heteroatoms. The quantitative estimate of drug-likeness (QED) is 0.644. The fourth-order valence-electron chi connectivity index (χ4n) is 5.08. The summed E-state index contributed by atoms with van der Waals surface area (Å²) in [5, 5.41) is 4.96. The van der Waals surface area contributed by atoms with Crippen molar-refractivity contribution in [3.8, 4) is 5.69 Å². The second kappa shape index (κ2) is 9.51. The van der Waals surface area contributed by atoms with Crippen LogP contribution in [-0.4, -0.2) is 44.6 Å². The van der Waals surface area contributed by atoms with Crippen LogP contribution in [0.15, 0.2) is 24.3 Å². The van der Waals surface area contributed by atoms with E-state index in [9.17, 15) is 9.18 Å². The third-order valence-electron chi connectivity index (χ3n) is 6.74. The maximum atomic E-state index is 13.9. The molecule has 1 saturated carbocycles. The van der Waals surface area contributed by atoms with Crippen LogP contribution < -0.4 is 0 Å². The maximum absolute atomic E-state index is 13.9. The van der Waals surface area contributed by atoms with Crippen molar-refractivity contribution in [1.29, 1.82) is 0 Å². The van der Waals surface area contributed by atoms with Gasteiger partial charge >= 0.3 is 0 Å². The Morgan fingerprint density at radius 2 is 2.06 bits per heavy atom. The molecule has 1 amide bonds. The first-order chi connectivity index (χ1) is 15.0. The number of amides is 1. The zero-order chi connectivity index (χ0) is 22.0. The lowest BCUT2D eigenvalue weighted by molar-refractivity contribution is -0.137. The Labute approximate surface area is 185 Å². The van der Waals surface area contributed by atoms with E-state index in [-0.39, 0.29) is 23.7 Å². The third-order valence-corrected chi connectivity index (χ3v) is 6.74. The number of halogens is 1. The Balaban J connectivity index is 1.69. The number of benzene rings is 1. The highest BCUT2D eigenvalue weighted by atomic mass is 19.1. The molecule has 0 spiro atoms. The Morgan fingerprint density at radius 3 is 2.74 bits per heavy atom. The summed E-state index contributed by atoms with van der Waals surface area (Å²) in [5.41, 5.74) is 4.09. The third kappa shape index (κ3) is 4.69. The summed E-state index contributed by atoms with van der Waals surface area (Å²) in [6.45, 7) is 9.79. The van der Waals surface area contributed by atoms with Crippen LogP contribution in [0.2, 0.25) is 0 Å². The molecular weight excluding hydrogens is 391 g/mol. The van der Waals surface area contributed by atoms with E-state index in [2.05, 4.69) is 25.7 Å². The second-order valence-electron chi connectivity index (χ2n) is 9.33. The molecule has 0 atom stereocenters. The van der Waals surface area contributed by atoms with Gasteiger partial charge in [0.15, 0.2) is 0 Å². The SMILES string of the molecule is CCCN1CCc2c(c(CN(C(=O)C3CCCC3)C(C)C)nn2-c2cccc(F)c2)C1. The van der Waals surface area contributed by atoms with Crippen molar-refractivity contribution in [2.24, 2.45) is 5.92 Å². The molecule has 1 aromatic heterocycles. The normalized spacial score (nSPS) is 17.3. The Hall–Kier alpha value is -2.21. The largest absolute Gasteiger partial charge is 0.334 e. The number of carbonyl (C=O) groups is 1. The molecule has 1 aliphatic carbocycles. The predicted molar refractivity (Wildman–Crippen MR) is 120 cm³/mol. The molecule has 31 heavy (non-hydrogen) atoms. The molecule has 168 valence electrons. The van der Waals surface area contributed by atoms with E-state index in [4.69, 9.17) is 5.10 Å². The van der Waals surface area contributed by atoms with Crippen LogP contribution in [0.3, 0.4) is 0 Å². The predicted octanol–water partition coefficient (Wildman–Crippen LogP) is 4.71. The summed E-state index contributed by atoms with van der Waals surface area (Å²) >= 11 is 0. The van der Waals surface area contributed by atoms with Gasteiger partial charge in [-0.05, 0) is 57.9 Å². The smallest absolute Gasteiger partial charge is 0.226 e. The van der Waals surface area contributed by atoms with Gasteiger partial charge in [-0.1, -0.05) is 25.8 Å². The highest BCUT2D eigenvalue weighted by molar-refractivity contribution is 5.79. The monoisotopic (exact) mass is 426 g/mol. The number of nitrogens with zero attached hydrogens (tertiary/aromatic N) is 4. The van der Waals surface area contributed by atoms with Crippen LogP contribution in [0.25, 0.3) is 5.69 Å². The lowest BCUT2D eigenvalue weighted by Gasteiger charge is -2.30. The molecule has 0 N–H and O–H groups in total. The highest BCUT2D eigenvalue weighted by Gasteiger charge is 2.32. The van der Waals surface area contributed by atoms with Gasteiger partial charge in [0, 0.05) is 37.0 Å². The molecular formula is C25H35FN4O. The van der Waals surface area contributed by atoms with Gasteiger partial charge in [-0.2, -0.15) is 5.10 Å². The van der Waals surface area contributed by atoms with Gasteiger partial charge < -0.3 is 4.90 Å². The van der Waals surface area contributed by atoms with E-state index in [0.717, 1.165) is 75.2 Å². The van der Waals surface area contributed by atoms with E-state index in [1.165, 1.54) is 11.6 Å². The van der Waals surface area contributed by atoms with Gasteiger partial charge in [-0.15, -0.1) is 0 Å². The molecule has 0 saturated heterocycles. The summed E-state index contributed by atoms with van der Waals surface area (Å²) in [6, 6.07) is 6.76. The van der Waals surface area contributed by atoms with Crippen molar-refractivity contribution in [2.75, 3.05) is 13.1 Å². The van der Waals surface area contributed by atoms with Crippen molar-refractivity contribution >= 4 is 5.91 Å². The topological polar surface area (TPSA) is 41.4 Å². The molecule has 1 aliphatic heterocycles. The summed E-state index contributed by atoms with van der Waals surface area (Å²) in [7, 11) is 0. The van der Waals surface area contributed by atoms with Crippen LogP contribution in [-0.2, 0) is 24.3 Å². The van der Waals surface area contributed by atoms with E-state index in [1.807, 2.05) is 15.6 Å². The van der Waals surface area contributed by atoms with E-state index in [0.29, 0.717) is 6.54 Å². The molecule has 1 fully saturated rings. The van der Waals surface area contributed by atoms with Crippen molar-refractivity contribution in [2.45, 2.75) is 78.4 Å². The minimum absolute atomic E-state index is 0.124. The molecule has 0 bridgehead atoms. The van der Waals surface area contributed by atoms with E-state index in [1.54, 1.807) is 12.1 Å². The molecule has 4 rings (SSSR count). The molecule has 5 nitrogen and oxygen atoms in total. The van der Waals surface area contributed by atoms with Gasteiger partial charge in [0.1, 0.15) is 5.82 Å². The standard InChI is InChI=1S/C25H35FN4O/c1-4-13-28-14-12-24-22(16-28)23(27-30(24)21-11-7-10-20(26)15-21)17-29(18(2)3)25(31)19-8-5-6-9-19/h7,10-11,15,18-19H,4-6,8-9,12-14,16-17H2,1-3H3. The fourth-order valence-corrected chi connectivity index (χ4v) is 5.08. The average Bonchev–Trinajstić information content (AvgIpc) is 3.40. The van der Waals surface area contributed by atoms with Crippen LogP contribution in [0.4, 0.5) is 4.39 Å². The minimum atomic E-state index is -0.257. The van der Waals surface area contributed by atoms with Gasteiger partial charge in [0.2, 0.25) is 5.91 Å². The van der Waals surface area contributed by atoms with Crippen LogP contribution in [0, 0.1) is 11.7 Å². The number of aromatic nitrogens is 2. The van der Waals surface area contributed by atoms with E-state index >= 15 is 0 Å². The summed E-state index contributed by atoms with van der Waals surface area (Å²) in [5.74, 6) is 0.162. The lowest BCUT2D eigenvalue weighted by atomic mass is 10.0. The fraction of sp³-hybridized carbons (Fsp3) is 0.600. The van der Waals surface area contributed by atoms with Gasteiger partial charge in [-0.25, -0.2) is 9.07 Å². The van der Waals surface area contributed by atoms with Gasteiger partial charge in [-0.3, -0.25) is 9.69 Å². The van der Waals surface area contributed by atoms with Crippen molar-refractivity contribution in [1.82, 2.24) is 19.6 Å². The van der Waals surface area contributed by atoms with Crippen molar-refractivity contribution < 1.29 is 9.18 Å². The number of carbonyl (C=O) groups excluding carboxylic acids is 1. The zero-order valence-corrected chi connectivity index (χ0v) is 19.1. The number of hydrogen-bond donors (Lipinski definition) is 0. The Bertz CT molecular complexity index is 916. The van der Waals surface area contributed by atoms with Crippen LogP contribution in [0.5, 0.6) is 0 Å². The first-order valence-corrected chi connectivity index (χ1v) is 11.9. The first-order valence-electron chi connectivity index (χ1n) is 11.9. The molecule has 2 aliphatic rings. The number of fused-ring (bicyclic) bond motifs is 1. The second-order valence-corrected chi connectivity index (χ2v) is 9.33. The number of rotatable bonds is 7. The van der Waals surface area contributed by atoms with Crippen LogP contribution in [0.1, 0.15) is 69.8 Å². The Kier molecular flexibility index (Phi) is 6.75. The summed E-state index contributed by atoms with van der Waals surface area (Å²) < 4.78 is 15.9. The van der Waals surface area contributed by atoms with E-state index < -0.39 is 0 Å². The molecule has 2 heterocycles. The maximum Gasteiger partial charge on any atom is 0.226 e. The first kappa shape index (κ1) is 22.0. The van der Waals surface area contributed by atoms with Gasteiger partial charge in [0.25, 0.3) is 0 Å². The van der Waals surface area contributed by atoms with Crippen molar-refractivity contribution in [3.05, 3.63) is 47.0 Å². The lowest BCUT2D eigenvalue weighted by Crippen LogP contribution is -2.40. The Morgan fingerprint density at radius 1 is 1.29 bits per heavy atom. The molecule has 1 aromatic carbocycles. The van der Waals surface area contributed by atoms with Crippen LogP contribution >= 0.6 is 0 Å². The molecule has 0 radical (unpaired) electrons. The number of hydrogen-bond acceptors (Lipinski definition) is 3. The zero-order valence-electron chi connectivity index (χ0n) is 19.1. The molecule has 0 unspecified atom stereocenters. The summed E-state index contributed by atoms with van der Waals surface area (Å²) in [4.78, 5) is 17.7. The average molecular weight is 427 g/mol. The van der Waals surface area contributed by atoms with Gasteiger partial charge in [0.05, 0.1) is 23.6 Å². The molecule has 2 aromatic rings. The summed E-state index contributed by atoms with van der Waals surface area (Å²) in [6.07, 6.45) is 6.30. The minimum Gasteiger partial charge on any atom is -0.334 e.